The predicted octanol–water partition coefficient (Wildman–Crippen LogP) is 2.73. The fourth-order valence-corrected chi connectivity index (χ4v) is 1.62. The summed E-state index contributed by atoms with van der Waals surface area (Å²) in [6.45, 7) is 1.86. The summed E-state index contributed by atoms with van der Waals surface area (Å²) < 4.78 is 0. The molecule has 0 amide bonds. The average Bonchev–Trinajstić information content (AvgIpc) is 2.26. The van der Waals surface area contributed by atoms with E-state index < -0.39 is 0 Å². The highest BCUT2D eigenvalue weighted by Gasteiger charge is 2.07. The van der Waals surface area contributed by atoms with E-state index in [1.54, 1.807) is 36.4 Å². The number of nitrogens with one attached hydrogen (secondary N) is 1. The number of phenols is 2. The Bertz CT molecular complexity index is 533. The first-order valence-corrected chi connectivity index (χ1v) is 5.22. The second kappa shape index (κ2) is 4.25. The monoisotopic (exact) mass is 230 g/mol. The quantitative estimate of drug-likeness (QED) is 0.363. The SMILES string of the molecule is Cc1cc(O)ccc1Nc1c(N)cccc1O. The number of hydrogen-bond donors (Lipinski definition) is 4. The fourth-order valence-electron chi connectivity index (χ4n) is 1.62. The number of aromatic hydroxyl groups is 2. The lowest BCUT2D eigenvalue weighted by molar-refractivity contribution is 0.475. The van der Waals surface area contributed by atoms with Gasteiger partial charge in [-0.3, -0.25) is 0 Å². The summed E-state index contributed by atoms with van der Waals surface area (Å²) >= 11 is 0. The molecule has 0 atom stereocenters. The third-order valence-electron chi connectivity index (χ3n) is 2.54. The Morgan fingerprint density at radius 2 is 1.88 bits per heavy atom. The molecule has 0 aliphatic heterocycles. The number of para-hydroxylation sites is 1. The van der Waals surface area contributed by atoms with Crippen LogP contribution in [0.2, 0.25) is 0 Å². The standard InChI is InChI=1S/C13H14N2O2/c1-8-7-9(16)5-6-11(8)15-13-10(14)3-2-4-12(13)17/h2-7,15-17H,14H2,1H3. The lowest BCUT2D eigenvalue weighted by atomic mass is 10.1. The number of anilines is 3. The van der Waals surface area contributed by atoms with Crippen LogP contribution in [0.5, 0.6) is 11.5 Å². The number of hydrogen-bond acceptors (Lipinski definition) is 4. The maximum absolute atomic E-state index is 9.71. The third kappa shape index (κ3) is 2.25. The zero-order valence-electron chi connectivity index (χ0n) is 9.44. The molecule has 2 aromatic rings. The van der Waals surface area contributed by atoms with Gasteiger partial charge in [-0.05, 0) is 42.8 Å². The van der Waals surface area contributed by atoms with Gasteiger partial charge in [-0.2, -0.15) is 0 Å². The average molecular weight is 230 g/mol. The van der Waals surface area contributed by atoms with Crippen molar-refractivity contribution in [3.63, 3.8) is 0 Å². The van der Waals surface area contributed by atoms with Crippen LogP contribution < -0.4 is 11.1 Å². The number of benzene rings is 2. The highest BCUT2D eigenvalue weighted by molar-refractivity contribution is 5.79. The molecule has 0 fully saturated rings. The molecule has 2 aromatic carbocycles. The second-order valence-electron chi connectivity index (χ2n) is 3.87. The van der Waals surface area contributed by atoms with Gasteiger partial charge < -0.3 is 21.3 Å². The van der Waals surface area contributed by atoms with Gasteiger partial charge in [0.25, 0.3) is 0 Å². The third-order valence-corrected chi connectivity index (χ3v) is 2.54. The molecule has 17 heavy (non-hydrogen) atoms. The molecule has 4 nitrogen and oxygen atoms in total. The maximum atomic E-state index is 9.71. The molecule has 0 unspecified atom stereocenters. The zero-order chi connectivity index (χ0) is 12.4. The first-order valence-electron chi connectivity index (χ1n) is 5.22. The van der Waals surface area contributed by atoms with Gasteiger partial charge in [-0.1, -0.05) is 6.07 Å². The van der Waals surface area contributed by atoms with Crippen LogP contribution in [0.4, 0.5) is 17.1 Å². The highest BCUT2D eigenvalue weighted by Crippen LogP contribution is 2.33. The second-order valence-corrected chi connectivity index (χ2v) is 3.87. The van der Waals surface area contributed by atoms with Crippen LogP contribution in [0.25, 0.3) is 0 Å². The lowest BCUT2D eigenvalue weighted by Crippen LogP contribution is -1.97. The summed E-state index contributed by atoms with van der Waals surface area (Å²) in [4.78, 5) is 0. The smallest absolute Gasteiger partial charge is 0.141 e. The summed E-state index contributed by atoms with van der Waals surface area (Å²) in [5.74, 6) is 0.302. The van der Waals surface area contributed by atoms with Crippen LogP contribution in [0.1, 0.15) is 5.56 Å². The van der Waals surface area contributed by atoms with Crippen molar-refractivity contribution in [2.75, 3.05) is 11.1 Å². The molecule has 0 aliphatic carbocycles. The lowest BCUT2D eigenvalue weighted by Gasteiger charge is -2.13. The van der Waals surface area contributed by atoms with Gasteiger partial charge >= 0.3 is 0 Å². The summed E-state index contributed by atoms with van der Waals surface area (Å²) in [5, 5.41) is 22.1. The maximum Gasteiger partial charge on any atom is 0.141 e. The molecule has 0 aromatic heterocycles. The summed E-state index contributed by atoms with van der Waals surface area (Å²) in [7, 11) is 0. The first-order chi connectivity index (χ1) is 8.08. The Kier molecular flexibility index (Phi) is 2.78. The normalized spacial score (nSPS) is 10.2. The Labute approximate surface area is 99.3 Å². The molecule has 0 bridgehead atoms. The van der Waals surface area contributed by atoms with Crippen molar-refractivity contribution < 1.29 is 10.2 Å². The summed E-state index contributed by atoms with van der Waals surface area (Å²) in [6, 6.07) is 9.90. The molecule has 2 rings (SSSR count). The Morgan fingerprint density at radius 3 is 2.53 bits per heavy atom. The molecule has 0 heterocycles. The largest absolute Gasteiger partial charge is 0.508 e. The minimum Gasteiger partial charge on any atom is -0.508 e. The molecule has 0 radical (unpaired) electrons. The van der Waals surface area contributed by atoms with Crippen molar-refractivity contribution >= 4 is 17.1 Å². The first kappa shape index (κ1) is 11.1. The Balaban J connectivity index is 2.38. The predicted molar refractivity (Wildman–Crippen MR) is 68.6 cm³/mol. The molecule has 5 N–H and O–H groups in total. The van der Waals surface area contributed by atoms with Crippen LogP contribution in [0.3, 0.4) is 0 Å². The van der Waals surface area contributed by atoms with Crippen molar-refractivity contribution in [2.24, 2.45) is 0 Å². The van der Waals surface area contributed by atoms with Gasteiger partial charge in [0.1, 0.15) is 17.2 Å². The van der Waals surface area contributed by atoms with Crippen LogP contribution in [-0.2, 0) is 0 Å². The van der Waals surface area contributed by atoms with E-state index in [4.69, 9.17) is 5.73 Å². The molecular weight excluding hydrogens is 216 g/mol. The van der Waals surface area contributed by atoms with Gasteiger partial charge in [0, 0.05) is 5.69 Å². The zero-order valence-corrected chi connectivity index (χ0v) is 9.44. The minimum atomic E-state index is 0.0949. The molecule has 0 saturated carbocycles. The van der Waals surface area contributed by atoms with Crippen molar-refractivity contribution in [1.29, 1.82) is 0 Å². The van der Waals surface area contributed by atoms with Crippen LogP contribution >= 0.6 is 0 Å². The van der Waals surface area contributed by atoms with Crippen LogP contribution in [0, 0.1) is 6.92 Å². The molecule has 0 spiro atoms. The van der Waals surface area contributed by atoms with E-state index in [2.05, 4.69) is 5.32 Å². The van der Waals surface area contributed by atoms with E-state index in [9.17, 15) is 10.2 Å². The number of nitrogens with two attached hydrogens (primary N) is 1. The van der Waals surface area contributed by atoms with Gasteiger partial charge in [-0.15, -0.1) is 0 Å². The van der Waals surface area contributed by atoms with Crippen molar-refractivity contribution in [2.45, 2.75) is 6.92 Å². The van der Waals surface area contributed by atoms with E-state index in [-0.39, 0.29) is 11.5 Å². The van der Waals surface area contributed by atoms with Crippen LogP contribution in [0.15, 0.2) is 36.4 Å². The molecule has 4 heteroatoms. The van der Waals surface area contributed by atoms with Crippen LogP contribution in [-0.4, -0.2) is 10.2 Å². The Hall–Kier alpha value is -2.36. The van der Waals surface area contributed by atoms with Crippen molar-refractivity contribution in [1.82, 2.24) is 0 Å². The van der Waals surface area contributed by atoms with Gasteiger partial charge in [0.2, 0.25) is 0 Å². The molecule has 0 saturated heterocycles. The van der Waals surface area contributed by atoms with E-state index in [1.165, 1.54) is 0 Å². The number of rotatable bonds is 2. The number of aryl methyl sites for hydroxylation is 1. The van der Waals surface area contributed by atoms with E-state index in [0.717, 1.165) is 11.3 Å². The number of phenolic OH excluding ortho intramolecular Hbond substituents is 2. The summed E-state index contributed by atoms with van der Waals surface area (Å²) in [6.07, 6.45) is 0. The van der Waals surface area contributed by atoms with E-state index in [0.29, 0.717) is 11.4 Å². The van der Waals surface area contributed by atoms with Gasteiger partial charge in [-0.25, -0.2) is 0 Å². The Morgan fingerprint density at radius 1 is 1.12 bits per heavy atom. The topological polar surface area (TPSA) is 78.5 Å². The highest BCUT2D eigenvalue weighted by atomic mass is 16.3. The minimum absolute atomic E-state index is 0.0949. The van der Waals surface area contributed by atoms with Crippen molar-refractivity contribution in [3.8, 4) is 11.5 Å². The van der Waals surface area contributed by atoms with E-state index >= 15 is 0 Å². The molecular formula is C13H14N2O2. The molecule has 88 valence electrons. The van der Waals surface area contributed by atoms with Crippen molar-refractivity contribution in [3.05, 3.63) is 42.0 Å². The fraction of sp³-hybridized carbons (Fsp3) is 0.0769. The number of nitrogen functional groups attached to an aromatic ring is 1. The van der Waals surface area contributed by atoms with Gasteiger partial charge in [0.15, 0.2) is 0 Å². The summed E-state index contributed by atoms with van der Waals surface area (Å²) in [5.41, 5.74) is 8.38. The molecule has 0 aliphatic rings. The van der Waals surface area contributed by atoms with E-state index in [1.807, 2.05) is 6.92 Å². The van der Waals surface area contributed by atoms with Gasteiger partial charge in [0.05, 0.1) is 5.69 Å².